The van der Waals surface area contributed by atoms with Gasteiger partial charge in [0.2, 0.25) is 8.03 Å². The summed E-state index contributed by atoms with van der Waals surface area (Å²) in [5.74, 6) is -1.32. The standard InChI is InChI=1S/C27H27FNO5P/c1-4-27(17(3)30,35(32)33)26(31)34-25-22(18-12-14-21(28)15-13-18)16(2)23(19-8-6-5-7-9-19)29-24(25)20-10-11-20/h4-9,12-15,17,20,30,35H,1,10-11H2,2-3H3,(H,32,33). The van der Waals surface area contributed by atoms with Crippen LogP contribution in [0.4, 0.5) is 4.39 Å². The fourth-order valence-corrected chi connectivity index (χ4v) is 4.96. The van der Waals surface area contributed by atoms with Crippen LogP contribution in [0, 0.1) is 12.7 Å². The number of rotatable bonds is 8. The van der Waals surface area contributed by atoms with Crippen LogP contribution in [-0.2, 0) is 9.36 Å². The molecule has 0 radical (unpaired) electrons. The molecule has 1 aliphatic carbocycles. The SMILES string of the molecule is C=CC(C(=O)Oc1c(C2CC2)nc(-c2ccccc2)c(C)c1-c1ccc(F)cc1)(C(C)O)[PH](=O)O. The van der Waals surface area contributed by atoms with E-state index in [4.69, 9.17) is 9.72 Å². The Morgan fingerprint density at radius 1 is 1.20 bits per heavy atom. The zero-order valence-corrected chi connectivity index (χ0v) is 20.5. The Labute approximate surface area is 204 Å². The zero-order chi connectivity index (χ0) is 25.3. The summed E-state index contributed by atoms with van der Waals surface area (Å²) in [4.78, 5) is 28.3. The lowest BCUT2D eigenvalue weighted by Gasteiger charge is -2.29. The highest BCUT2D eigenvalue weighted by Gasteiger charge is 2.48. The van der Waals surface area contributed by atoms with Crippen LogP contribution in [0.25, 0.3) is 22.4 Å². The summed E-state index contributed by atoms with van der Waals surface area (Å²) >= 11 is 0. The van der Waals surface area contributed by atoms with E-state index in [9.17, 15) is 23.7 Å². The Kier molecular flexibility index (Phi) is 7.04. The number of benzene rings is 2. The molecule has 182 valence electrons. The molecule has 1 fully saturated rings. The third kappa shape index (κ3) is 4.59. The number of pyridine rings is 1. The number of hydrogen-bond donors (Lipinski definition) is 2. The number of esters is 1. The third-order valence-electron chi connectivity index (χ3n) is 6.43. The minimum Gasteiger partial charge on any atom is -0.423 e. The molecule has 3 atom stereocenters. The second-order valence-corrected chi connectivity index (χ2v) is 10.2. The molecule has 0 aliphatic heterocycles. The average molecular weight is 495 g/mol. The van der Waals surface area contributed by atoms with Crippen molar-refractivity contribution in [2.45, 2.75) is 43.9 Å². The number of aliphatic hydroxyl groups is 1. The molecular formula is C27H27FNO5P. The molecule has 3 aromatic rings. The first-order valence-electron chi connectivity index (χ1n) is 11.3. The predicted molar refractivity (Wildman–Crippen MR) is 133 cm³/mol. The highest BCUT2D eigenvalue weighted by molar-refractivity contribution is 7.42. The summed E-state index contributed by atoms with van der Waals surface area (Å²) in [7, 11) is -3.62. The van der Waals surface area contributed by atoms with Gasteiger partial charge in [-0.2, -0.15) is 0 Å². The number of carbonyl (C=O) groups is 1. The molecule has 3 unspecified atom stereocenters. The zero-order valence-electron chi connectivity index (χ0n) is 19.5. The molecule has 1 aromatic heterocycles. The Morgan fingerprint density at radius 2 is 1.83 bits per heavy atom. The molecule has 0 bridgehead atoms. The van der Waals surface area contributed by atoms with Gasteiger partial charge in [0.25, 0.3) is 0 Å². The van der Waals surface area contributed by atoms with Gasteiger partial charge in [-0.05, 0) is 49.9 Å². The lowest BCUT2D eigenvalue weighted by molar-refractivity contribution is -0.138. The maximum Gasteiger partial charge on any atom is 0.333 e. The smallest absolute Gasteiger partial charge is 0.333 e. The highest BCUT2D eigenvalue weighted by atomic mass is 31.1. The average Bonchev–Trinajstić information content (AvgIpc) is 3.66. The Hall–Kier alpha value is -3.12. The van der Waals surface area contributed by atoms with E-state index in [1.807, 2.05) is 37.3 Å². The second kappa shape index (κ2) is 9.86. The van der Waals surface area contributed by atoms with E-state index < -0.39 is 31.1 Å². The summed E-state index contributed by atoms with van der Waals surface area (Å²) < 4.78 is 31.9. The van der Waals surface area contributed by atoms with Gasteiger partial charge in [-0.1, -0.05) is 48.5 Å². The molecule has 4 rings (SSSR count). The van der Waals surface area contributed by atoms with Gasteiger partial charge in [0.15, 0.2) is 10.9 Å². The van der Waals surface area contributed by atoms with Crippen molar-refractivity contribution < 1.29 is 28.5 Å². The molecule has 8 heteroatoms. The van der Waals surface area contributed by atoms with Gasteiger partial charge in [0.05, 0.1) is 17.5 Å². The lowest BCUT2D eigenvalue weighted by atomic mass is 9.93. The molecule has 0 saturated heterocycles. The number of carbonyl (C=O) groups excluding carboxylic acids is 1. The molecule has 35 heavy (non-hydrogen) atoms. The van der Waals surface area contributed by atoms with E-state index in [1.165, 1.54) is 19.1 Å². The minimum atomic E-state index is -3.62. The number of aromatic nitrogens is 1. The Bertz CT molecular complexity index is 1290. The second-order valence-electron chi connectivity index (χ2n) is 8.77. The van der Waals surface area contributed by atoms with Crippen LogP contribution < -0.4 is 4.74 Å². The highest BCUT2D eigenvalue weighted by Crippen LogP contribution is 2.50. The normalized spacial score (nSPS) is 16.7. The number of ether oxygens (including phenoxy) is 1. The van der Waals surface area contributed by atoms with Gasteiger partial charge in [0, 0.05) is 17.0 Å². The summed E-state index contributed by atoms with van der Waals surface area (Å²) in [6.07, 6.45) is 1.14. The fourth-order valence-electron chi connectivity index (χ4n) is 4.20. The molecule has 2 N–H and O–H groups in total. The first-order valence-corrected chi connectivity index (χ1v) is 12.7. The van der Waals surface area contributed by atoms with Crippen molar-refractivity contribution in [2.75, 3.05) is 0 Å². The van der Waals surface area contributed by atoms with Crippen LogP contribution in [-0.4, -0.2) is 32.2 Å². The van der Waals surface area contributed by atoms with Crippen LogP contribution in [0.3, 0.4) is 0 Å². The molecule has 2 aromatic carbocycles. The van der Waals surface area contributed by atoms with Gasteiger partial charge >= 0.3 is 5.97 Å². The fraction of sp³-hybridized carbons (Fsp3) is 0.259. The third-order valence-corrected chi connectivity index (χ3v) is 7.97. The van der Waals surface area contributed by atoms with Gasteiger partial charge in [-0.3, -0.25) is 4.57 Å². The van der Waals surface area contributed by atoms with Crippen molar-refractivity contribution in [3.05, 3.63) is 84.3 Å². The summed E-state index contributed by atoms with van der Waals surface area (Å²) in [5.41, 5.74) is 3.96. The summed E-state index contributed by atoms with van der Waals surface area (Å²) in [6.45, 7) is 6.60. The van der Waals surface area contributed by atoms with E-state index in [0.29, 0.717) is 28.1 Å². The van der Waals surface area contributed by atoms with Crippen LogP contribution in [0.1, 0.15) is 36.9 Å². The number of aliphatic hydroxyl groups excluding tert-OH is 1. The van der Waals surface area contributed by atoms with E-state index in [2.05, 4.69) is 6.58 Å². The van der Waals surface area contributed by atoms with Gasteiger partial charge in [-0.25, -0.2) is 14.2 Å². The molecular weight excluding hydrogens is 468 g/mol. The van der Waals surface area contributed by atoms with E-state index in [1.54, 1.807) is 12.1 Å². The largest absolute Gasteiger partial charge is 0.423 e. The minimum absolute atomic E-state index is 0.0379. The summed E-state index contributed by atoms with van der Waals surface area (Å²) in [6, 6.07) is 15.4. The first kappa shape index (κ1) is 25.0. The van der Waals surface area contributed by atoms with Crippen molar-refractivity contribution in [2.24, 2.45) is 0 Å². The predicted octanol–water partition coefficient (Wildman–Crippen LogP) is 5.42. The van der Waals surface area contributed by atoms with Crippen molar-refractivity contribution >= 4 is 14.0 Å². The van der Waals surface area contributed by atoms with Gasteiger partial charge in [-0.15, -0.1) is 6.58 Å². The number of halogens is 1. The number of nitrogens with zero attached hydrogens (tertiary/aromatic N) is 1. The summed E-state index contributed by atoms with van der Waals surface area (Å²) in [5, 5.41) is 8.09. The quantitative estimate of drug-likeness (QED) is 0.246. The Balaban J connectivity index is 1.98. The van der Waals surface area contributed by atoms with Crippen molar-refractivity contribution in [1.29, 1.82) is 0 Å². The van der Waals surface area contributed by atoms with Crippen LogP contribution in [0.15, 0.2) is 67.3 Å². The topological polar surface area (TPSA) is 96.7 Å². The van der Waals surface area contributed by atoms with Gasteiger partial charge in [0.1, 0.15) is 5.82 Å². The molecule has 1 saturated carbocycles. The van der Waals surface area contributed by atoms with Crippen molar-refractivity contribution in [1.82, 2.24) is 4.98 Å². The molecule has 0 spiro atoms. The molecule has 6 nitrogen and oxygen atoms in total. The van der Waals surface area contributed by atoms with Crippen LogP contribution >= 0.6 is 8.03 Å². The van der Waals surface area contributed by atoms with Crippen molar-refractivity contribution in [3.8, 4) is 28.1 Å². The van der Waals surface area contributed by atoms with Crippen molar-refractivity contribution in [3.63, 3.8) is 0 Å². The van der Waals surface area contributed by atoms with Gasteiger partial charge < -0.3 is 14.7 Å². The first-order chi connectivity index (χ1) is 16.7. The Morgan fingerprint density at radius 3 is 2.34 bits per heavy atom. The van der Waals surface area contributed by atoms with E-state index in [0.717, 1.165) is 24.5 Å². The lowest BCUT2D eigenvalue weighted by Crippen LogP contribution is -2.46. The monoisotopic (exact) mass is 495 g/mol. The molecule has 0 amide bonds. The molecule has 1 heterocycles. The van der Waals surface area contributed by atoms with E-state index >= 15 is 0 Å². The van der Waals surface area contributed by atoms with E-state index in [-0.39, 0.29) is 11.7 Å². The van der Waals surface area contributed by atoms with Crippen LogP contribution in [0.2, 0.25) is 0 Å². The number of hydrogen-bond acceptors (Lipinski definition) is 5. The maximum absolute atomic E-state index is 13.8. The maximum atomic E-state index is 13.8. The molecule has 1 aliphatic rings. The van der Waals surface area contributed by atoms with Crippen LogP contribution in [0.5, 0.6) is 5.75 Å².